The second-order valence-corrected chi connectivity index (χ2v) is 8.08. The molecule has 0 amide bonds. The van der Waals surface area contributed by atoms with Crippen molar-refractivity contribution in [2.45, 2.75) is 38.3 Å². The molecule has 0 aliphatic carbocycles. The first-order chi connectivity index (χ1) is 14.4. The lowest BCUT2D eigenvalue weighted by atomic mass is 10.1. The number of hydrogen-bond donors (Lipinski definition) is 1. The molecule has 0 bridgehead atoms. The van der Waals surface area contributed by atoms with Crippen molar-refractivity contribution in [3.63, 3.8) is 0 Å². The first-order valence-electron chi connectivity index (χ1n) is 9.42. The third-order valence-electron chi connectivity index (χ3n) is 4.59. The predicted octanol–water partition coefficient (Wildman–Crippen LogP) is 2.80. The molecule has 4 aromatic rings. The summed E-state index contributed by atoms with van der Waals surface area (Å²) in [6.45, 7) is 6.18. The Kier molecular flexibility index (Phi) is 5.45. The largest absolute Gasteiger partial charge is 0.486 e. The number of benzene rings is 1. The molecule has 30 heavy (non-hydrogen) atoms. The van der Waals surface area contributed by atoms with E-state index in [0.717, 1.165) is 22.4 Å². The van der Waals surface area contributed by atoms with Crippen LogP contribution in [0.3, 0.4) is 0 Å². The average Bonchev–Trinajstić information content (AvgIpc) is 3.04. The van der Waals surface area contributed by atoms with Gasteiger partial charge in [0, 0.05) is 18.0 Å². The highest BCUT2D eigenvalue weighted by Gasteiger charge is 2.13. The molecule has 0 atom stereocenters. The summed E-state index contributed by atoms with van der Waals surface area (Å²) < 4.78 is 8.77. The van der Waals surface area contributed by atoms with E-state index in [-0.39, 0.29) is 12.2 Å². The van der Waals surface area contributed by atoms with E-state index in [9.17, 15) is 4.79 Å². The van der Waals surface area contributed by atoms with E-state index in [1.165, 1.54) is 26.9 Å². The van der Waals surface area contributed by atoms with Crippen LogP contribution in [0.4, 0.5) is 0 Å². The van der Waals surface area contributed by atoms with Crippen LogP contribution >= 0.6 is 11.8 Å². The fourth-order valence-corrected chi connectivity index (χ4v) is 3.96. The zero-order valence-electron chi connectivity index (χ0n) is 17.0. The number of thioether (sulfide) groups is 1. The zero-order valence-corrected chi connectivity index (χ0v) is 17.8. The smallest absolute Gasteiger partial charge is 0.258 e. The van der Waals surface area contributed by atoms with Gasteiger partial charge in [0.1, 0.15) is 18.0 Å². The van der Waals surface area contributed by atoms with Crippen molar-refractivity contribution in [2.75, 3.05) is 5.84 Å². The summed E-state index contributed by atoms with van der Waals surface area (Å²) in [5.74, 6) is 7.87. The van der Waals surface area contributed by atoms with Gasteiger partial charge in [0.25, 0.3) is 5.56 Å². The van der Waals surface area contributed by atoms with Crippen LogP contribution in [-0.4, -0.2) is 24.3 Å². The van der Waals surface area contributed by atoms with Crippen molar-refractivity contribution >= 4 is 17.4 Å². The number of nitrogens with two attached hydrogens (primary N) is 1. The van der Waals surface area contributed by atoms with Gasteiger partial charge in [-0.2, -0.15) is 0 Å². The Morgan fingerprint density at radius 1 is 1.10 bits per heavy atom. The van der Waals surface area contributed by atoms with Crippen LogP contribution in [0.25, 0.3) is 5.65 Å². The molecule has 0 aliphatic heterocycles. The Morgan fingerprint density at radius 3 is 2.63 bits per heavy atom. The number of nitrogen functional groups attached to an aromatic ring is 1. The Labute approximate surface area is 177 Å². The lowest BCUT2D eigenvalue weighted by Crippen LogP contribution is -2.17. The number of aryl methyl sites for hydroxylation is 3. The second kappa shape index (κ2) is 8.19. The van der Waals surface area contributed by atoms with Crippen molar-refractivity contribution < 1.29 is 4.74 Å². The van der Waals surface area contributed by atoms with Gasteiger partial charge < -0.3 is 10.6 Å². The van der Waals surface area contributed by atoms with Crippen molar-refractivity contribution in [3.05, 3.63) is 81.2 Å². The van der Waals surface area contributed by atoms with Crippen molar-refractivity contribution in [1.82, 2.24) is 24.3 Å². The Morgan fingerprint density at radius 2 is 1.87 bits per heavy atom. The van der Waals surface area contributed by atoms with Gasteiger partial charge in [-0.15, -0.1) is 10.2 Å². The fourth-order valence-electron chi connectivity index (χ4n) is 3.19. The van der Waals surface area contributed by atoms with Crippen molar-refractivity contribution in [1.29, 1.82) is 0 Å². The molecule has 2 N–H and O–H groups in total. The van der Waals surface area contributed by atoms with Gasteiger partial charge in [0.2, 0.25) is 5.16 Å². The Hall–Kier alpha value is -3.33. The summed E-state index contributed by atoms with van der Waals surface area (Å²) in [6.07, 6.45) is 1.72. The first-order valence-corrected chi connectivity index (χ1v) is 10.4. The van der Waals surface area contributed by atoms with E-state index in [1.54, 1.807) is 6.20 Å². The molecule has 4 rings (SSSR count). The number of hydrogen-bond acceptors (Lipinski definition) is 7. The Bertz CT molecular complexity index is 1260. The maximum absolute atomic E-state index is 12.3. The van der Waals surface area contributed by atoms with Gasteiger partial charge in [0.05, 0.1) is 5.69 Å². The summed E-state index contributed by atoms with van der Waals surface area (Å²) >= 11 is 1.37. The number of fused-ring (bicyclic) bond motifs is 1. The summed E-state index contributed by atoms with van der Waals surface area (Å²) in [6, 6.07) is 11.3. The molecule has 0 fully saturated rings. The summed E-state index contributed by atoms with van der Waals surface area (Å²) in [7, 11) is 0. The topological polar surface area (TPSA) is 100 Å². The number of aromatic nitrogens is 5. The quantitative estimate of drug-likeness (QED) is 0.377. The maximum atomic E-state index is 12.3. The normalized spacial score (nSPS) is 11.2. The molecule has 0 unspecified atom stereocenters. The van der Waals surface area contributed by atoms with Crippen LogP contribution in [0, 0.1) is 20.8 Å². The van der Waals surface area contributed by atoms with Crippen LogP contribution < -0.4 is 16.1 Å². The SMILES string of the molecule is Cc1cc(C)cc(OCc2nnc(SCc3cc(=O)n4cccc(C)c4n3)n2N)c1. The Balaban J connectivity index is 1.46. The molecule has 9 heteroatoms. The lowest BCUT2D eigenvalue weighted by molar-refractivity contribution is 0.291. The van der Waals surface area contributed by atoms with Gasteiger partial charge in [-0.25, -0.2) is 9.66 Å². The lowest BCUT2D eigenvalue weighted by Gasteiger charge is -2.08. The van der Waals surface area contributed by atoms with Crippen LogP contribution in [0.15, 0.2) is 52.5 Å². The van der Waals surface area contributed by atoms with Gasteiger partial charge in [0.15, 0.2) is 5.82 Å². The van der Waals surface area contributed by atoms with Crippen LogP contribution in [0.5, 0.6) is 5.75 Å². The van der Waals surface area contributed by atoms with E-state index >= 15 is 0 Å². The van der Waals surface area contributed by atoms with Gasteiger partial charge in [-0.05, 0) is 55.7 Å². The molecule has 0 saturated carbocycles. The van der Waals surface area contributed by atoms with Crippen molar-refractivity contribution in [3.8, 4) is 5.75 Å². The summed E-state index contributed by atoms with van der Waals surface area (Å²) in [5, 5.41) is 8.79. The molecule has 8 nitrogen and oxygen atoms in total. The van der Waals surface area contributed by atoms with E-state index < -0.39 is 0 Å². The molecular weight excluding hydrogens is 400 g/mol. The molecule has 0 spiro atoms. The van der Waals surface area contributed by atoms with Crippen LogP contribution in [0.2, 0.25) is 0 Å². The minimum Gasteiger partial charge on any atom is -0.486 e. The molecular formula is C21H22N6O2S. The molecule has 154 valence electrons. The summed E-state index contributed by atoms with van der Waals surface area (Å²) in [5.41, 5.74) is 4.40. The third-order valence-corrected chi connectivity index (χ3v) is 5.56. The maximum Gasteiger partial charge on any atom is 0.258 e. The first kappa shape index (κ1) is 20.0. The van der Waals surface area contributed by atoms with Gasteiger partial charge >= 0.3 is 0 Å². The standard InChI is InChI=1S/C21H22N6O2S/c1-13-7-14(2)9-17(8-13)29-11-18-24-25-21(27(18)22)30-12-16-10-19(28)26-6-4-5-15(3)20(26)23-16/h4-10H,11-12,22H2,1-3H3. The number of rotatable bonds is 6. The minimum atomic E-state index is -0.115. The highest BCUT2D eigenvalue weighted by atomic mass is 32.2. The highest BCUT2D eigenvalue weighted by Crippen LogP contribution is 2.21. The monoisotopic (exact) mass is 422 g/mol. The van der Waals surface area contributed by atoms with Gasteiger partial charge in [-0.3, -0.25) is 9.20 Å². The second-order valence-electron chi connectivity index (χ2n) is 7.14. The predicted molar refractivity (Wildman–Crippen MR) is 116 cm³/mol. The van der Waals surface area contributed by atoms with Crippen LogP contribution in [-0.2, 0) is 12.4 Å². The van der Waals surface area contributed by atoms with E-state index in [2.05, 4.69) is 21.2 Å². The van der Waals surface area contributed by atoms with E-state index in [4.69, 9.17) is 10.6 Å². The fraction of sp³-hybridized carbons (Fsp3) is 0.238. The number of nitrogens with zero attached hydrogens (tertiary/aromatic N) is 5. The number of pyridine rings is 1. The molecule has 3 aromatic heterocycles. The molecule has 1 aromatic carbocycles. The number of ether oxygens (including phenoxy) is 1. The molecule has 0 saturated heterocycles. The minimum absolute atomic E-state index is 0.115. The molecule has 0 aliphatic rings. The van der Waals surface area contributed by atoms with Crippen LogP contribution in [0.1, 0.15) is 28.2 Å². The highest BCUT2D eigenvalue weighted by molar-refractivity contribution is 7.98. The summed E-state index contributed by atoms with van der Waals surface area (Å²) in [4.78, 5) is 16.9. The van der Waals surface area contributed by atoms with Gasteiger partial charge in [-0.1, -0.05) is 23.9 Å². The van der Waals surface area contributed by atoms with E-state index in [0.29, 0.717) is 28.1 Å². The molecule has 0 radical (unpaired) electrons. The zero-order chi connectivity index (χ0) is 21.3. The van der Waals surface area contributed by atoms with E-state index in [1.807, 2.05) is 45.0 Å². The molecule has 3 heterocycles. The third kappa shape index (κ3) is 4.16. The van der Waals surface area contributed by atoms with Crippen molar-refractivity contribution in [2.24, 2.45) is 0 Å². The average molecular weight is 423 g/mol.